The summed E-state index contributed by atoms with van der Waals surface area (Å²) in [5, 5.41) is 10.9. The average Bonchev–Trinajstić information content (AvgIpc) is 2.33. The number of thiol groups is 1. The van der Waals surface area contributed by atoms with Crippen molar-refractivity contribution < 1.29 is 24.2 Å². The second kappa shape index (κ2) is 4.89. The molecule has 2 aliphatic heterocycles. The van der Waals surface area contributed by atoms with Crippen molar-refractivity contribution in [3.05, 3.63) is 12.2 Å². The second-order valence-electron chi connectivity index (χ2n) is 3.94. The summed E-state index contributed by atoms with van der Waals surface area (Å²) in [6.45, 7) is 0.239. The zero-order valence-corrected chi connectivity index (χ0v) is 10.2. The lowest BCUT2D eigenvalue weighted by Gasteiger charge is -2.44. The number of carboxylic acid groups (broad SMARTS) is 1. The molecule has 18 heavy (non-hydrogen) atoms. The van der Waals surface area contributed by atoms with Gasteiger partial charge in [0.25, 0.3) is 0 Å². The Hall–Kier alpha value is -1.70. The molecule has 8 heteroatoms. The first-order valence-corrected chi connectivity index (χ1v) is 5.98. The molecule has 2 unspecified atom stereocenters. The molecule has 1 saturated heterocycles. The van der Waals surface area contributed by atoms with Crippen molar-refractivity contribution in [3.8, 4) is 0 Å². The summed E-state index contributed by atoms with van der Waals surface area (Å²) < 4.78 is 4.59. The van der Waals surface area contributed by atoms with Gasteiger partial charge in [0.05, 0.1) is 12.5 Å². The van der Waals surface area contributed by atoms with Gasteiger partial charge in [0.15, 0.2) is 0 Å². The van der Waals surface area contributed by atoms with Gasteiger partial charge in [-0.1, -0.05) is 6.08 Å². The number of nitrogens with zero attached hydrogens (tertiary/aromatic N) is 2. The molecular formula is C10H12N2O5S. The molecule has 1 N–H and O–H groups in total. The number of hydrogen-bond acceptors (Lipinski definition) is 5. The lowest BCUT2D eigenvalue weighted by Crippen LogP contribution is -2.62. The van der Waals surface area contributed by atoms with Crippen LogP contribution in [0.2, 0.25) is 0 Å². The zero-order valence-electron chi connectivity index (χ0n) is 9.35. The number of rotatable bonds is 2. The molecule has 0 saturated carbocycles. The molecule has 2 atom stereocenters. The van der Waals surface area contributed by atoms with Crippen molar-refractivity contribution in [2.45, 2.75) is 12.6 Å². The van der Waals surface area contributed by atoms with Crippen molar-refractivity contribution in [3.63, 3.8) is 0 Å². The average molecular weight is 272 g/mol. The van der Waals surface area contributed by atoms with Crippen molar-refractivity contribution in [1.82, 2.24) is 10.0 Å². The molecule has 7 nitrogen and oxygen atoms in total. The van der Waals surface area contributed by atoms with E-state index in [0.29, 0.717) is 0 Å². The highest BCUT2D eigenvalue weighted by Gasteiger charge is 2.43. The van der Waals surface area contributed by atoms with Crippen LogP contribution in [0.15, 0.2) is 12.2 Å². The highest BCUT2D eigenvalue weighted by atomic mass is 32.1. The van der Waals surface area contributed by atoms with Crippen LogP contribution >= 0.6 is 12.6 Å². The Balaban J connectivity index is 2.27. The number of carbonyl (C=O) groups excluding carboxylic acids is 2. The van der Waals surface area contributed by atoms with Crippen LogP contribution < -0.4 is 0 Å². The van der Waals surface area contributed by atoms with Gasteiger partial charge in [-0.2, -0.15) is 12.6 Å². The van der Waals surface area contributed by atoms with Gasteiger partial charge in [-0.05, 0) is 6.08 Å². The highest BCUT2D eigenvalue weighted by molar-refractivity contribution is 7.80. The summed E-state index contributed by atoms with van der Waals surface area (Å²) >= 11 is 4.03. The standard InChI is InChI=1S/C10H12N2O5S/c13-7-4-6(5-18)9(14)12-8(17-10(15)16)2-1-3-11(7)12/h1-2,6,8,18H,3-5H2,(H,15,16). The quantitative estimate of drug-likeness (QED) is 0.423. The molecule has 0 radical (unpaired) electrons. The Labute approximate surface area is 108 Å². The first-order chi connectivity index (χ1) is 8.54. The van der Waals surface area contributed by atoms with Crippen LogP contribution in [0.3, 0.4) is 0 Å². The van der Waals surface area contributed by atoms with E-state index in [4.69, 9.17) is 5.11 Å². The van der Waals surface area contributed by atoms with Gasteiger partial charge >= 0.3 is 6.16 Å². The van der Waals surface area contributed by atoms with Crippen LogP contribution in [0.5, 0.6) is 0 Å². The first-order valence-electron chi connectivity index (χ1n) is 5.35. The monoisotopic (exact) mass is 272 g/mol. The number of fused-ring (bicyclic) bond motifs is 1. The lowest BCUT2D eigenvalue weighted by atomic mass is 10.0. The lowest BCUT2D eigenvalue weighted by molar-refractivity contribution is -0.193. The molecule has 2 aliphatic rings. The van der Waals surface area contributed by atoms with E-state index < -0.39 is 18.3 Å². The van der Waals surface area contributed by atoms with Gasteiger partial charge in [0.2, 0.25) is 18.0 Å². The van der Waals surface area contributed by atoms with Crippen molar-refractivity contribution in [2.75, 3.05) is 12.3 Å². The fourth-order valence-corrected chi connectivity index (χ4v) is 2.26. The molecule has 98 valence electrons. The van der Waals surface area contributed by atoms with Crippen LogP contribution in [0.4, 0.5) is 4.79 Å². The number of ether oxygens (including phenoxy) is 1. The molecule has 0 aromatic carbocycles. The predicted octanol–water partition coefficient (Wildman–Crippen LogP) is 0.0988. The molecule has 2 amide bonds. The molecular weight excluding hydrogens is 260 g/mol. The maximum atomic E-state index is 12.1. The Kier molecular flexibility index (Phi) is 3.46. The van der Waals surface area contributed by atoms with Gasteiger partial charge in [-0.15, -0.1) is 0 Å². The first kappa shape index (κ1) is 12.7. The minimum absolute atomic E-state index is 0.0897. The number of amides is 2. The van der Waals surface area contributed by atoms with E-state index in [9.17, 15) is 14.4 Å². The van der Waals surface area contributed by atoms with E-state index in [0.717, 1.165) is 5.01 Å². The number of carbonyl (C=O) groups is 3. The van der Waals surface area contributed by atoms with E-state index in [-0.39, 0.29) is 30.5 Å². The SMILES string of the molecule is O=C(O)OC1C=CCN2C(=O)CC(CS)C(=O)N12. The van der Waals surface area contributed by atoms with Crippen molar-refractivity contribution in [2.24, 2.45) is 5.92 Å². The third kappa shape index (κ3) is 2.15. The van der Waals surface area contributed by atoms with Crippen LogP contribution in [0.1, 0.15) is 6.42 Å². The van der Waals surface area contributed by atoms with E-state index in [1.54, 1.807) is 6.08 Å². The fourth-order valence-electron chi connectivity index (χ4n) is 1.98. The minimum Gasteiger partial charge on any atom is -0.450 e. The van der Waals surface area contributed by atoms with E-state index in [1.807, 2.05) is 0 Å². The Morgan fingerprint density at radius 3 is 2.89 bits per heavy atom. The molecule has 0 bridgehead atoms. The maximum Gasteiger partial charge on any atom is 0.508 e. The summed E-state index contributed by atoms with van der Waals surface area (Å²) in [7, 11) is 0. The Morgan fingerprint density at radius 1 is 1.56 bits per heavy atom. The van der Waals surface area contributed by atoms with Gasteiger partial charge in [-0.3, -0.25) is 9.59 Å². The molecule has 1 fully saturated rings. The Morgan fingerprint density at radius 2 is 2.28 bits per heavy atom. The van der Waals surface area contributed by atoms with Gasteiger partial charge in [-0.25, -0.2) is 14.8 Å². The van der Waals surface area contributed by atoms with E-state index >= 15 is 0 Å². The molecule has 2 heterocycles. The molecule has 0 spiro atoms. The molecule has 0 aromatic rings. The highest BCUT2D eigenvalue weighted by Crippen LogP contribution is 2.26. The summed E-state index contributed by atoms with van der Waals surface area (Å²) in [5.41, 5.74) is 0. The molecule has 2 rings (SSSR count). The van der Waals surface area contributed by atoms with Crippen LogP contribution in [-0.4, -0.2) is 51.6 Å². The molecule has 0 aromatic heterocycles. The third-order valence-electron chi connectivity index (χ3n) is 2.81. The summed E-state index contributed by atoms with van der Waals surface area (Å²) in [6.07, 6.45) is 0.537. The second-order valence-corrected chi connectivity index (χ2v) is 4.31. The van der Waals surface area contributed by atoms with Gasteiger partial charge < -0.3 is 9.84 Å². The number of hydrogen-bond donors (Lipinski definition) is 2. The normalized spacial score (nSPS) is 27.2. The van der Waals surface area contributed by atoms with E-state index in [1.165, 1.54) is 11.1 Å². The number of hydrazine groups is 1. The predicted molar refractivity (Wildman–Crippen MR) is 62.6 cm³/mol. The van der Waals surface area contributed by atoms with Crippen LogP contribution in [0, 0.1) is 5.92 Å². The summed E-state index contributed by atoms with van der Waals surface area (Å²) in [6, 6.07) is 0. The van der Waals surface area contributed by atoms with Crippen LogP contribution in [-0.2, 0) is 14.3 Å². The summed E-state index contributed by atoms with van der Waals surface area (Å²) in [4.78, 5) is 34.5. The molecule has 0 aliphatic carbocycles. The fraction of sp³-hybridized carbons (Fsp3) is 0.500. The van der Waals surface area contributed by atoms with Gasteiger partial charge in [0.1, 0.15) is 0 Å². The van der Waals surface area contributed by atoms with E-state index in [2.05, 4.69) is 17.4 Å². The topological polar surface area (TPSA) is 87.1 Å². The zero-order chi connectivity index (χ0) is 13.3. The summed E-state index contributed by atoms with van der Waals surface area (Å²) in [5.74, 6) is -0.890. The van der Waals surface area contributed by atoms with Crippen molar-refractivity contribution >= 4 is 30.6 Å². The maximum absolute atomic E-state index is 12.1. The third-order valence-corrected chi connectivity index (χ3v) is 3.25. The minimum atomic E-state index is -1.50. The smallest absolute Gasteiger partial charge is 0.450 e. The largest absolute Gasteiger partial charge is 0.508 e. The van der Waals surface area contributed by atoms with Crippen LogP contribution in [0.25, 0.3) is 0 Å². The Bertz CT molecular complexity index is 424. The van der Waals surface area contributed by atoms with Crippen molar-refractivity contribution in [1.29, 1.82) is 0 Å². The van der Waals surface area contributed by atoms with Gasteiger partial charge in [0, 0.05) is 12.2 Å².